The van der Waals surface area contributed by atoms with Gasteiger partial charge in [-0.3, -0.25) is 9.69 Å². The van der Waals surface area contributed by atoms with Gasteiger partial charge in [0.1, 0.15) is 5.82 Å². The number of aromatic nitrogens is 1. The van der Waals surface area contributed by atoms with Crippen molar-refractivity contribution in [2.45, 2.75) is 38.5 Å². The van der Waals surface area contributed by atoms with Crippen LogP contribution in [0.4, 0.5) is 9.52 Å². The minimum atomic E-state index is -0.257. The Balaban J connectivity index is 1.78. The lowest BCUT2D eigenvalue weighted by atomic mass is 9.88. The molecule has 3 rings (SSSR count). The van der Waals surface area contributed by atoms with Crippen molar-refractivity contribution in [3.63, 3.8) is 0 Å². The van der Waals surface area contributed by atoms with Crippen molar-refractivity contribution in [2.24, 2.45) is 5.92 Å². The third kappa shape index (κ3) is 5.36. The summed E-state index contributed by atoms with van der Waals surface area (Å²) in [5.74, 6) is 0.0803. The van der Waals surface area contributed by atoms with E-state index in [-0.39, 0.29) is 17.6 Å². The molecule has 0 unspecified atom stereocenters. The lowest BCUT2D eigenvalue weighted by Gasteiger charge is -2.28. The maximum absolute atomic E-state index is 13.2. The lowest BCUT2D eigenvalue weighted by Crippen LogP contribution is -2.38. The highest BCUT2D eigenvalue weighted by molar-refractivity contribution is 7.14. The highest BCUT2D eigenvalue weighted by atomic mass is 32.1. The molecule has 27 heavy (non-hydrogen) atoms. The minimum Gasteiger partial charge on any atom is -0.309 e. The molecule has 1 amide bonds. The van der Waals surface area contributed by atoms with Crippen LogP contribution >= 0.6 is 11.3 Å². The third-order valence-electron chi connectivity index (χ3n) is 5.07. The monoisotopic (exact) mass is 389 g/mol. The molecule has 2 aromatic rings. The molecule has 6 heteroatoms. The van der Waals surface area contributed by atoms with Crippen LogP contribution in [0.5, 0.6) is 0 Å². The van der Waals surface area contributed by atoms with Gasteiger partial charge < -0.3 is 4.90 Å². The Morgan fingerprint density at radius 3 is 2.52 bits per heavy atom. The Morgan fingerprint density at radius 2 is 1.85 bits per heavy atom. The summed E-state index contributed by atoms with van der Waals surface area (Å²) in [6.07, 6.45) is 6.40. The van der Waals surface area contributed by atoms with Crippen LogP contribution in [-0.4, -0.2) is 43.0 Å². The molecule has 1 aliphatic rings. The summed E-state index contributed by atoms with van der Waals surface area (Å²) in [7, 11) is 4.09. The zero-order valence-electron chi connectivity index (χ0n) is 16.2. The summed E-state index contributed by atoms with van der Waals surface area (Å²) >= 11 is 1.49. The maximum Gasteiger partial charge on any atom is 0.231 e. The fourth-order valence-electron chi connectivity index (χ4n) is 3.56. The van der Waals surface area contributed by atoms with Gasteiger partial charge >= 0.3 is 0 Å². The van der Waals surface area contributed by atoms with Crippen molar-refractivity contribution >= 4 is 22.4 Å². The molecule has 1 heterocycles. The number of thiazole rings is 1. The summed E-state index contributed by atoms with van der Waals surface area (Å²) in [4.78, 5) is 21.9. The average Bonchev–Trinajstić information content (AvgIpc) is 3.15. The number of hydrogen-bond donors (Lipinski definition) is 0. The Hall–Kier alpha value is -1.79. The number of carbonyl (C=O) groups is 1. The van der Waals surface area contributed by atoms with Gasteiger partial charge in [0.2, 0.25) is 5.91 Å². The molecule has 0 bridgehead atoms. The number of rotatable bonds is 7. The SMILES string of the molecule is CN(C)CCCN(C(=O)C1CCCCC1)c1nc(-c2ccc(F)cc2)cs1. The first-order valence-electron chi connectivity index (χ1n) is 9.72. The van der Waals surface area contributed by atoms with Crippen molar-refractivity contribution in [1.29, 1.82) is 0 Å². The van der Waals surface area contributed by atoms with Crippen LogP contribution in [-0.2, 0) is 4.79 Å². The van der Waals surface area contributed by atoms with E-state index >= 15 is 0 Å². The second-order valence-corrected chi connectivity index (χ2v) is 8.34. The van der Waals surface area contributed by atoms with Crippen LogP contribution in [0.2, 0.25) is 0 Å². The van der Waals surface area contributed by atoms with E-state index in [1.54, 1.807) is 12.1 Å². The lowest BCUT2D eigenvalue weighted by molar-refractivity contribution is -0.123. The van der Waals surface area contributed by atoms with Gasteiger partial charge in [-0.1, -0.05) is 19.3 Å². The van der Waals surface area contributed by atoms with Crippen LogP contribution in [0.1, 0.15) is 38.5 Å². The van der Waals surface area contributed by atoms with Crippen molar-refractivity contribution < 1.29 is 9.18 Å². The van der Waals surface area contributed by atoms with Crippen molar-refractivity contribution in [3.8, 4) is 11.3 Å². The van der Waals surface area contributed by atoms with E-state index in [0.29, 0.717) is 6.54 Å². The molecule has 4 nitrogen and oxygen atoms in total. The zero-order chi connectivity index (χ0) is 19.2. The number of anilines is 1. The topological polar surface area (TPSA) is 36.4 Å². The van der Waals surface area contributed by atoms with E-state index in [4.69, 9.17) is 4.98 Å². The number of benzene rings is 1. The van der Waals surface area contributed by atoms with Crippen LogP contribution in [0.25, 0.3) is 11.3 Å². The summed E-state index contributed by atoms with van der Waals surface area (Å²) in [5, 5.41) is 2.71. The highest BCUT2D eigenvalue weighted by Gasteiger charge is 2.28. The van der Waals surface area contributed by atoms with Crippen LogP contribution in [0.3, 0.4) is 0 Å². The van der Waals surface area contributed by atoms with Gasteiger partial charge in [0, 0.05) is 23.4 Å². The molecule has 146 valence electrons. The summed E-state index contributed by atoms with van der Waals surface area (Å²) in [6, 6.07) is 6.34. The number of halogens is 1. The van der Waals surface area contributed by atoms with Crippen LogP contribution in [0, 0.1) is 11.7 Å². The van der Waals surface area contributed by atoms with E-state index in [1.807, 2.05) is 24.4 Å². The summed E-state index contributed by atoms with van der Waals surface area (Å²) < 4.78 is 13.2. The Morgan fingerprint density at radius 1 is 1.15 bits per heavy atom. The van der Waals surface area contributed by atoms with Crippen molar-refractivity contribution in [3.05, 3.63) is 35.5 Å². The first kappa shape index (κ1) is 20.0. The predicted molar refractivity (Wildman–Crippen MR) is 110 cm³/mol. The first-order valence-corrected chi connectivity index (χ1v) is 10.6. The predicted octanol–water partition coefficient (Wildman–Crippen LogP) is 4.81. The van der Waals surface area contributed by atoms with Crippen LogP contribution in [0.15, 0.2) is 29.6 Å². The molecule has 0 saturated heterocycles. The second-order valence-electron chi connectivity index (χ2n) is 7.50. The van der Waals surface area contributed by atoms with Crippen molar-refractivity contribution in [2.75, 3.05) is 32.1 Å². The molecule has 0 spiro atoms. The van der Waals surface area contributed by atoms with Crippen LogP contribution < -0.4 is 4.90 Å². The Kier molecular flexibility index (Phi) is 6.96. The van der Waals surface area contributed by atoms with E-state index in [0.717, 1.165) is 55.0 Å². The largest absolute Gasteiger partial charge is 0.309 e. The number of amides is 1. The average molecular weight is 390 g/mol. The highest BCUT2D eigenvalue weighted by Crippen LogP contribution is 2.31. The molecule has 1 aromatic heterocycles. The molecular formula is C21H28FN3OS. The van der Waals surface area contributed by atoms with Gasteiger partial charge in [-0.25, -0.2) is 9.37 Å². The number of nitrogens with zero attached hydrogens (tertiary/aromatic N) is 3. The second kappa shape index (κ2) is 9.42. The summed E-state index contributed by atoms with van der Waals surface area (Å²) in [5.41, 5.74) is 1.67. The smallest absolute Gasteiger partial charge is 0.231 e. The number of hydrogen-bond acceptors (Lipinski definition) is 4. The van der Waals surface area contributed by atoms with Gasteiger partial charge in [0.05, 0.1) is 5.69 Å². The van der Waals surface area contributed by atoms with Crippen molar-refractivity contribution in [1.82, 2.24) is 9.88 Å². The molecule has 0 aliphatic heterocycles. The first-order chi connectivity index (χ1) is 13.0. The zero-order valence-corrected chi connectivity index (χ0v) is 17.0. The standard InChI is InChI=1S/C21H28FN3OS/c1-24(2)13-6-14-25(20(26)17-7-4-3-5-8-17)21-23-19(15-27-21)16-9-11-18(22)12-10-16/h9-12,15,17H,3-8,13-14H2,1-2H3. The molecular weight excluding hydrogens is 361 g/mol. The third-order valence-corrected chi connectivity index (χ3v) is 5.93. The van der Waals surface area contributed by atoms with Gasteiger partial charge in [0.15, 0.2) is 5.13 Å². The van der Waals surface area contributed by atoms with E-state index in [2.05, 4.69) is 4.90 Å². The molecule has 0 N–H and O–H groups in total. The van der Waals surface area contributed by atoms with E-state index in [9.17, 15) is 9.18 Å². The molecule has 0 atom stereocenters. The fraction of sp³-hybridized carbons (Fsp3) is 0.524. The molecule has 1 aliphatic carbocycles. The quantitative estimate of drug-likeness (QED) is 0.681. The molecule has 1 saturated carbocycles. The fourth-order valence-corrected chi connectivity index (χ4v) is 4.42. The summed E-state index contributed by atoms with van der Waals surface area (Å²) in [6.45, 7) is 1.62. The molecule has 0 radical (unpaired) electrons. The van der Waals surface area contributed by atoms with E-state index < -0.39 is 0 Å². The Labute approximate surface area is 165 Å². The van der Waals surface area contributed by atoms with Gasteiger partial charge in [-0.05, 0) is 64.2 Å². The maximum atomic E-state index is 13.2. The normalized spacial score (nSPS) is 15.3. The molecule has 1 fully saturated rings. The van der Waals surface area contributed by atoms with E-state index in [1.165, 1.54) is 29.9 Å². The van der Waals surface area contributed by atoms with Gasteiger partial charge in [-0.2, -0.15) is 0 Å². The minimum absolute atomic E-state index is 0.122. The number of carbonyl (C=O) groups excluding carboxylic acids is 1. The van der Waals surface area contributed by atoms with Gasteiger partial charge in [-0.15, -0.1) is 11.3 Å². The molecule has 1 aromatic carbocycles. The Bertz CT molecular complexity index is 738. The van der Waals surface area contributed by atoms with Gasteiger partial charge in [0.25, 0.3) is 0 Å².